The number of carbonyl (C=O) groups is 2. The molecule has 9 heteroatoms. The molecule has 1 aliphatic rings. The highest BCUT2D eigenvalue weighted by molar-refractivity contribution is 6.34. The Balaban J connectivity index is 1.54. The van der Waals surface area contributed by atoms with Gasteiger partial charge in [-0.15, -0.1) is 0 Å². The molecule has 29 heavy (non-hydrogen) atoms. The monoisotopic (exact) mass is 416 g/mol. The Hall–Kier alpha value is -2.97. The number of nitrogens with zero attached hydrogens (tertiary/aromatic N) is 2. The molecular formula is C20H21ClN4O4. The summed E-state index contributed by atoms with van der Waals surface area (Å²) in [5.74, 6) is -0.538. The van der Waals surface area contributed by atoms with Crippen LogP contribution in [0.2, 0.25) is 5.02 Å². The summed E-state index contributed by atoms with van der Waals surface area (Å²) in [6.45, 7) is 1.32. The largest absolute Gasteiger partial charge is 0.326 e. The highest BCUT2D eigenvalue weighted by Gasteiger charge is 2.27. The van der Waals surface area contributed by atoms with Crippen molar-refractivity contribution >= 4 is 40.5 Å². The van der Waals surface area contributed by atoms with Crippen LogP contribution in [0, 0.1) is 16.0 Å². The molecule has 0 saturated carbocycles. The first-order valence-electron chi connectivity index (χ1n) is 9.24. The Labute approximate surface area is 173 Å². The lowest BCUT2D eigenvalue weighted by atomic mass is 9.97. The van der Waals surface area contributed by atoms with E-state index in [-0.39, 0.29) is 35.0 Å². The Bertz CT molecular complexity index is 907. The molecule has 1 unspecified atom stereocenters. The highest BCUT2D eigenvalue weighted by Crippen LogP contribution is 2.26. The van der Waals surface area contributed by atoms with E-state index in [0.29, 0.717) is 12.2 Å². The van der Waals surface area contributed by atoms with E-state index in [1.54, 1.807) is 0 Å². The van der Waals surface area contributed by atoms with Crippen LogP contribution in [0.15, 0.2) is 48.5 Å². The van der Waals surface area contributed by atoms with Crippen LogP contribution in [0.5, 0.6) is 0 Å². The number of anilines is 2. The molecule has 2 amide bonds. The van der Waals surface area contributed by atoms with Crippen molar-refractivity contribution in [2.75, 3.05) is 30.3 Å². The lowest BCUT2D eigenvalue weighted by Crippen LogP contribution is -2.44. The molecule has 2 aromatic carbocycles. The SMILES string of the molecule is O=C(CN1CCCC(C(=O)Nc2ccccc2)C1)Nc1ccc([N+](=O)[O-])cc1Cl. The second-order valence-corrected chi connectivity index (χ2v) is 7.31. The Morgan fingerprint density at radius 1 is 1.17 bits per heavy atom. The van der Waals surface area contributed by atoms with Crippen LogP contribution in [-0.4, -0.2) is 41.3 Å². The van der Waals surface area contributed by atoms with E-state index >= 15 is 0 Å². The Kier molecular flexibility index (Phi) is 6.79. The molecule has 0 bridgehead atoms. The molecule has 0 aromatic heterocycles. The lowest BCUT2D eigenvalue weighted by molar-refractivity contribution is -0.384. The topological polar surface area (TPSA) is 105 Å². The van der Waals surface area contributed by atoms with Crippen molar-refractivity contribution in [3.05, 3.63) is 63.7 Å². The summed E-state index contributed by atoms with van der Waals surface area (Å²) in [6, 6.07) is 13.2. The predicted octanol–water partition coefficient (Wildman–Crippen LogP) is 3.54. The van der Waals surface area contributed by atoms with E-state index in [1.807, 2.05) is 35.2 Å². The summed E-state index contributed by atoms with van der Waals surface area (Å²) in [5, 5.41) is 16.5. The minimum absolute atomic E-state index is 0.0558. The first kappa shape index (κ1) is 20.8. The number of nitro groups is 1. The van der Waals surface area contributed by atoms with Crippen LogP contribution in [0.1, 0.15) is 12.8 Å². The van der Waals surface area contributed by atoms with Crippen LogP contribution < -0.4 is 10.6 Å². The summed E-state index contributed by atoms with van der Waals surface area (Å²) in [6.07, 6.45) is 1.59. The number of rotatable bonds is 6. The van der Waals surface area contributed by atoms with Gasteiger partial charge in [-0.1, -0.05) is 29.8 Å². The second-order valence-electron chi connectivity index (χ2n) is 6.90. The van der Waals surface area contributed by atoms with Gasteiger partial charge < -0.3 is 10.6 Å². The summed E-state index contributed by atoms with van der Waals surface area (Å²) >= 11 is 6.02. The van der Waals surface area contributed by atoms with Crippen molar-refractivity contribution in [2.24, 2.45) is 5.92 Å². The summed E-state index contributed by atoms with van der Waals surface area (Å²) in [7, 11) is 0. The minimum atomic E-state index is -0.550. The molecule has 0 aliphatic carbocycles. The Morgan fingerprint density at radius 3 is 2.62 bits per heavy atom. The Morgan fingerprint density at radius 2 is 1.93 bits per heavy atom. The average Bonchev–Trinajstić information content (AvgIpc) is 2.70. The number of nitro benzene ring substituents is 1. The van der Waals surface area contributed by atoms with Crippen molar-refractivity contribution < 1.29 is 14.5 Å². The highest BCUT2D eigenvalue weighted by atomic mass is 35.5. The van der Waals surface area contributed by atoms with Gasteiger partial charge in [-0.25, -0.2) is 0 Å². The predicted molar refractivity (Wildman–Crippen MR) is 111 cm³/mol. The van der Waals surface area contributed by atoms with Gasteiger partial charge in [0, 0.05) is 24.4 Å². The zero-order valence-electron chi connectivity index (χ0n) is 15.6. The van der Waals surface area contributed by atoms with E-state index in [0.717, 1.165) is 25.1 Å². The molecule has 8 nitrogen and oxygen atoms in total. The van der Waals surface area contributed by atoms with E-state index < -0.39 is 4.92 Å². The molecule has 1 saturated heterocycles. The molecule has 152 valence electrons. The van der Waals surface area contributed by atoms with Gasteiger partial charge >= 0.3 is 0 Å². The molecule has 1 aliphatic heterocycles. The molecule has 0 spiro atoms. The molecule has 3 rings (SSSR count). The van der Waals surface area contributed by atoms with Crippen molar-refractivity contribution in [1.82, 2.24) is 4.90 Å². The first-order valence-corrected chi connectivity index (χ1v) is 9.62. The third-order valence-corrected chi connectivity index (χ3v) is 5.04. The normalized spacial score (nSPS) is 16.8. The maximum absolute atomic E-state index is 12.5. The van der Waals surface area contributed by atoms with E-state index in [9.17, 15) is 19.7 Å². The fraction of sp³-hybridized carbons (Fsp3) is 0.300. The van der Waals surface area contributed by atoms with Crippen LogP contribution in [0.3, 0.4) is 0 Å². The van der Waals surface area contributed by atoms with Crippen molar-refractivity contribution in [3.63, 3.8) is 0 Å². The summed E-state index contributed by atoms with van der Waals surface area (Å²) < 4.78 is 0. The second kappa shape index (κ2) is 9.49. The number of benzene rings is 2. The zero-order chi connectivity index (χ0) is 20.8. The standard InChI is InChI=1S/C20H21ClN4O4/c21-17-11-16(25(28)29)8-9-18(17)23-19(26)13-24-10-4-5-14(12-24)20(27)22-15-6-2-1-3-7-15/h1-3,6-9,11,14H,4-5,10,12-13H2,(H,22,27)(H,23,26). The first-order chi connectivity index (χ1) is 13.9. The average molecular weight is 417 g/mol. The van der Waals surface area contributed by atoms with Crippen LogP contribution in [0.4, 0.5) is 17.1 Å². The van der Waals surface area contributed by atoms with Gasteiger partial charge in [0.15, 0.2) is 0 Å². The number of amides is 2. The maximum atomic E-state index is 12.5. The number of para-hydroxylation sites is 1. The third-order valence-electron chi connectivity index (χ3n) is 4.72. The molecule has 1 fully saturated rings. The number of non-ortho nitro benzene ring substituents is 1. The van der Waals surface area contributed by atoms with Gasteiger partial charge in [-0.05, 0) is 37.6 Å². The number of hydrogen-bond acceptors (Lipinski definition) is 5. The third kappa shape index (κ3) is 5.75. The van der Waals surface area contributed by atoms with Crippen LogP contribution >= 0.6 is 11.6 Å². The molecule has 2 N–H and O–H groups in total. The smallest absolute Gasteiger partial charge is 0.271 e. The number of nitrogens with one attached hydrogen (secondary N) is 2. The molecule has 0 radical (unpaired) electrons. The molecule has 1 heterocycles. The van der Waals surface area contributed by atoms with Gasteiger partial charge in [0.1, 0.15) is 0 Å². The number of halogens is 1. The van der Waals surface area contributed by atoms with Gasteiger partial charge in [0.05, 0.1) is 28.1 Å². The fourth-order valence-corrected chi connectivity index (χ4v) is 3.51. The maximum Gasteiger partial charge on any atom is 0.271 e. The van der Waals surface area contributed by atoms with Gasteiger partial charge in [-0.2, -0.15) is 0 Å². The molecule has 1 atom stereocenters. The van der Waals surface area contributed by atoms with E-state index in [2.05, 4.69) is 10.6 Å². The lowest BCUT2D eigenvalue weighted by Gasteiger charge is -2.31. The van der Waals surface area contributed by atoms with Crippen LogP contribution in [-0.2, 0) is 9.59 Å². The molecular weight excluding hydrogens is 396 g/mol. The quantitative estimate of drug-likeness (QED) is 0.553. The van der Waals surface area contributed by atoms with Crippen molar-refractivity contribution in [2.45, 2.75) is 12.8 Å². The minimum Gasteiger partial charge on any atom is -0.326 e. The zero-order valence-corrected chi connectivity index (χ0v) is 16.4. The van der Waals surface area contributed by atoms with Crippen molar-refractivity contribution in [3.8, 4) is 0 Å². The van der Waals surface area contributed by atoms with Gasteiger partial charge in [0.25, 0.3) is 5.69 Å². The molecule has 2 aromatic rings. The van der Waals surface area contributed by atoms with Gasteiger partial charge in [-0.3, -0.25) is 24.6 Å². The van der Waals surface area contributed by atoms with E-state index in [4.69, 9.17) is 11.6 Å². The van der Waals surface area contributed by atoms with Crippen LogP contribution in [0.25, 0.3) is 0 Å². The summed E-state index contributed by atoms with van der Waals surface area (Å²) in [5.41, 5.74) is 0.925. The number of likely N-dealkylation sites (tertiary alicyclic amines) is 1. The number of piperidine rings is 1. The number of hydrogen-bond donors (Lipinski definition) is 2. The fourth-order valence-electron chi connectivity index (χ4n) is 3.29. The van der Waals surface area contributed by atoms with E-state index in [1.165, 1.54) is 18.2 Å². The number of carbonyl (C=O) groups excluding carboxylic acids is 2. The summed E-state index contributed by atoms with van der Waals surface area (Å²) in [4.78, 5) is 37.0. The van der Waals surface area contributed by atoms with Gasteiger partial charge in [0.2, 0.25) is 11.8 Å². The van der Waals surface area contributed by atoms with Crippen molar-refractivity contribution in [1.29, 1.82) is 0 Å².